The summed E-state index contributed by atoms with van der Waals surface area (Å²) in [6, 6.07) is 7.81. The number of hydrogen-bond donors (Lipinski definition) is 0. The maximum absolute atomic E-state index is 13.0. The maximum Gasteiger partial charge on any atom is 0.267 e. The van der Waals surface area contributed by atoms with Crippen molar-refractivity contribution in [3.8, 4) is 0 Å². The fourth-order valence-corrected chi connectivity index (χ4v) is 3.11. The van der Waals surface area contributed by atoms with Crippen LogP contribution in [0.5, 0.6) is 0 Å². The zero-order valence-electron chi connectivity index (χ0n) is 14.1. The molecule has 4 rings (SSSR count). The Hall–Kier alpha value is -3.03. The van der Waals surface area contributed by atoms with E-state index in [0.29, 0.717) is 44.3 Å². The summed E-state index contributed by atoms with van der Waals surface area (Å²) in [6.07, 6.45) is 3.20. The molecular formula is C18H18FN5O2. The van der Waals surface area contributed by atoms with Gasteiger partial charge in [0, 0.05) is 45.0 Å². The number of aromatic nitrogens is 2. The van der Waals surface area contributed by atoms with E-state index in [2.05, 4.69) is 20.0 Å². The third kappa shape index (κ3) is 3.35. The molecule has 1 saturated heterocycles. The number of oxime groups is 1. The molecule has 1 aromatic carbocycles. The van der Waals surface area contributed by atoms with E-state index in [-0.39, 0.29) is 11.7 Å². The molecule has 1 aromatic heterocycles. The van der Waals surface area contributed by atoms with Gasteiger partial charge in [-0.05, 0) is 23.8 Å². The number of hydrogen-bond acceptors (Lipinski definition) is 6. The molecule has 3 heterocycles. The van der Waals surface area contributed by atoms with Gasteiger partial charge in [-0.25, -0.2) is 14.4 Å². The predicted molar refractivity (Wildman–Crippen MR) is 93.3 cm³/mol. The molecular weight excluding hydrogens is 337 g/mol. The summed E-state index contributed by atoms with van der Waals surface area (Å²) in [7, 11) is 0. The number of carbonyl (C=O) groups is 1. The van der Waals surface area contributed by atoms with Gasteiger partial charge in [-0.2, -0.15) is 0 Å². The second-order valence-corrected chi connectivity index (χ2v) is 6.20. The van der Waals surface area contributed by atoms with Crippen LogP contribution in [0.1, 0.15) is 12.0 Å². The Balaban J connectivity index is 1.33. The van der Waals surface area contributed by atoms with E-state index in [0.717, 1.165) is 5.56 Å². The van der Waals surface area contributed by atoms with Crippen LogP contribution in [-0.2, 0) is 9.63 Å². The number of benzene rings is 1. The lowest BCUT2D eigenvalue weighted by molar-refractivity contribution is -0.142. The zero-order valence-corrected chi connectivity index (χ0v) is 14.1. The standard InChI is InChI=1S/C18H18FN5O2/c19-14-4-2-13(3-5-14)15-12-16(26-22-15)17(25)23-8-10-24(11-9-23)18-20-6-1-7-21-18/h1-7,16H,8-12H2. The largest absolute Gasteiger partial charge is 0.382 e. The highest BCUT2D eigenvalue weighted by Crippen LogP contribution is 2.20. The van der Waals surface area contributed by atoms with E-state index in [1.165, 1.54) is 12.1 Å². The first-order valence-corrected chi connectivity index (χ1v) is 8.50. The van der Waals surface area contributed by atoms with E-state index >= 15 is 0 Å². The van der Waals surface area contributed by atoms with Gasteiger partial charge in [0.25, 0.3) is 5.91 Å². The number of rotatable bonds is 3. The van der Waals surface area contributed by atoms with Crippen molar-refractivity contribution < 1.29 is 14.0 Å². The quantitative estimate of drug-likeness (QED) is 0.834. The van der Waals surface area contributed by atoms with Gasteiger partial charge in [0.15, 0.2) is 0 Å². The van der Waals surface area contributed by atoms with E-state index < -0.39 is 6.10 Å². The molecule has 2 aliphatic rings. The fourth-order valence-electron chi connectivity index (χ4n) is 3.11. The van der Waals surface area contributed by atoms with Gasteiger partial charge in [-0.15, -0.1) is 0 Å². The van der Waals surface area contributed by atoms with Crippen LogP contribution in [-0.4, -0.2) is 58.8 Å². The maximum atomic E-state index is 13.0. The smallest absolute Gasteiger partial charge is 0.267 e. The monoisotopic (exact) mass is 355 g/mol. The van der Waals surface area contributed by atoms with Gasteiger partial charge < -0.3 is 14.6 Å². The zero-order chi connectivity index (χ0) is 17.9. The minimum absolute atomic E-state index is 0.0699. The van der Waals surface area contributed by atoms with Crippen molar-refractivity contribution >= 4 is 17.6 Å². The van der Waals surface area contributed by atoms with Crippen molar-refractivity contribution in [2.75, 3.05) is 31.1 Å². The summed E-state index contributed by atoms with van der Waals surface area (Å²) in [5.41, 5.74) is 1.44. The first-order chi connectivity index (χ1) is 12.7. The predicted octanol–water partition coefficient (Wildman–Crippen LogP) is 1.46. The Labute approximate surface area is 150 Å². The highest BCUT2D eigenvalue weighted by molar-refractivity contribution is 6.04. The molecule has 0 aliphatic carbocycles. The van der Waals surface area contributed by atoms with Crippen LogP contribution in [0.15, 0.2) is 47.9 Å². The second-order valence-electron chi connectivity index (χ2n) is 6.20. The lowest BCUT2D eigenvalue weighted by atomic mass is 10.0. The van der Waals surface area contributed by atoms with Crippen molar-refractivity contribution in [3.05, 3.63) is 54.1 Å². The molecule has 1 atom stereocenters. The van der Waals surface area contributed by atoms with Crippen molar-refractivity contribution in [2.24, 2.45) is 5.16 Å². The van der Waals surface area contributed by atoms with Crippen LogP contribution in [0.4, 0.5) is 10.3 Å². The van der Waals surface area contributed by atoms with Crippen LogP contribution in [0, 0.1) is 5.82 Å². The Morgan fingerprint density at radius 3 is 2.46 bits per heavy atom. The second kappa shape index (κ2) is 7.07. The van der Waals surface area contributed by atoms with Crippen LogP contribution >= 0.6 is 0 Å². The van der Waals surface area contributed by atoms with Crippen molar-refractivity contribution in [1.82, 2.24) is 14.9 Å². The summed E-state index contributed by atoms with van der Waals surface area (Å²) in [5, 5.41) is 4.01. The molecule has 0 spiro atoms. The summed E-state index contributed by atoms with van der Waals surface area (Å²) < 4.78 is 13.0. The van der Waals surface area contributed by atoms with E-state index in [4.69, 9.17) is 4.84 Å². The number of piperazine rings is 1. The number of halogens is 1. The van der Waals surface area contributed by atoms with Crippen LogP contribution in [0.3, 0.4) is 0 Å². The molecule has 1 unspecified atom stereocenters. The minimum atomic E-state index is -0.616. The van der Waals surface area contributed by atoms with Crippen molar-refractivity contribution in [3.63, 3.8) is 0 Å². The van der Waals surface area contributed by atoms with Gasteiger partial charge in [0.1, 0.15) is 5.82 Å². The Bertz CT molecular complexity index is 804. The van der Waals surface area contributed by atoms with Gasteiger partial charge >= 0.3 is 0 Å². The number of nitrogens with zero attached hydrogens (tertiary/aromatic N) is 5. The Morgan fingerprint density at radius 2 is 1.77 bits per heavy atom. The molecule has 134 valence electrons. The van der Waals surface area contributed by atoms with Gasteiger partial charge in [0.2, 0.25) is 12.1 Å². The normalized spacial score (nSPS) is 19.9. The summed E-state index contributed by atoms with van der Waals surface area (Å²) >= 11 is 0. The van der Waals surface area contributed by atoms with E-state index in [1.807, 2.05) is 0 Å². The van der Waals surface area contributed by atoms with Crippen LogP contribution in [0.2, 0.25) is 0 Å². The van der Waals surface area contributed by atoms with E-state index in [9.17, 15) is 9.18 Å². The van der Waals surface area contributed by atoms with Crippen LogP contribution < -0.4 is 4.90 Å². The lowest BCUT2D eigenvalue weighted by Gasteiger charge is -2.35. The number of carbonyl (C=O) groups excluding carboxylic acids is 1. The third-order valence-corrected chi connectivity index (χ3v) is 4.55. The molecule has 0 N–H and O–H groups in total. The molecule has 7 nitrogen and oxygen atoms in total. The summed E-state index contributed by atoms with van der Waals surface area (Å²) in [4.78, 5) is 30.4. The molecule has 0 radical (unpaired) electrons. The molecule has 0 bridgehead atoms. The molecule has 2 aliphatic heterocycles. The summed E-state index contributed by atoms with van der Waals surface area (Å²) in [6.45, 7) is 2.52. The van der Waals surface area contributed by atoms with Gasteiger partial charge in [-0.3, -0.25) is 4.79 Å². The summed E-state index contributed by atoms with van der Waals surface area (Å²) in [5.74, 6) is 0.305. The van der Waals surface area contributed by atoms with E-state index in [1.54, 1.807) is 35.5 Å². The highest BCUT2D eigenvalue weighted by Gasteiger charge is 2.34. The SMILES string of the molecule is O=C(C1CC(c2ccc(F)cc2)=NO1)N1CCN(c2ncccn2)CC1. The first-order valence-electron chi connectivity index (χ1n) is 8.50. The van der Waals surface area contributed by atoms with Gasteiger partial charge in [-0.1, -0.05) is 17.3 Å². The topological polar surface area (TPSA) is 70.9 Å². The van der Waals surface area contributed by atoms with Gasteiger partial charge in [0.05, 0.1) is 5.71 Å². The Kier molecular flexibility index (Phi) is 4.47. The lowest BCUT2D eigenvalue weighted by Crippen LogP contribution is -2.52. The van der Waals surface area contributed by atoms with Crippen molar-refractivity contribution in [2.45, 2.75) is 12.5 Å². The highest BCUT2D eigenvalue weighted by atomic mass is 19.1. The number of amides is 1. The molecule has 2 aromatic rings. The molecule has 1 fully saturated rings. The fraction of sp³-hybridized carbons (Fsp3) is 0.333. The molecule has 8 heteroatoms. The average molecular weight is 355 g/mol. The Morgan fingerprint density at radius 1 is 1.08 bits per heavy atom. The molecule has 0 saturated carbocycles. The molecule has 26 heavy (non-hydrogen) atoms. The molecule has 1 amide bonds. The van der Waals surface area contributed by atoms with Crippen LogP contribution in [0.25, 0.3) is 0 Å². The van der Waals surface area contributed by atoms with Crippen molar-refractivity contribution in [1.29, 1.82) is 0 Å². The average Bonchev–Trinajstić information content (AvgIpc) is 3.19. The third-order valence-electron chi connectivity index (χ3n) is 4.55. The first kappa shape index (κ1) is 16.4. The minimum Gasteiger partial charge on any atom is -0.382 e. The number of anilines is 1.